The molecule has 0 radical (unpaired) electrons. The van der Waals surface area contributed by atoms with E-state index in [1.807, 2.05) is 32.0 Å². The van der Waals surface area contributed by atoms with Crippen molar-refractivity contribution >= 4 is 23.2 Å². The van der Waals surface area contributed by atoms with Gasteiger partial charge >= 0.3 is 11.8 Å². The summed E-state index contributed by atoms with van der Waals surface area (Å²) in [6, 6.07) is 14.4. The van der Waals surface area contributed by atoms with E-state index in [1.165, 1.54) is 11.3 Å². The lowest BCUT2D eigenvalue weighted by Crippen LogP contribution is -2.44. The Labute approximate surface area is 179 Å². The summed E-state index contributed by atoms with van der Waals surface area (Å²) < 4.78 is 0. The minimum absolute atomic E-state index is 0.471. The van der Waals surface area contributed by atoms with E-state index >= 15 is 0 Å². The molecule has 30 heavy (non-hydrogen) atoms. The molecule has 160 valence electrons. The van der Waals surface area contributed by atoms with Crippen molar-refractivity contribution in [2.24, 2.45) is 0 Å². The summed E-state index contributed by atoms with van der Waals surface area (Å²) in [5.74, 6) is -1.22. The Kier molecular flexibility index (Phi) is 7.46. The Morgan fingerprint density at radius 1 is 0.900 bits per heavy atom. The van der Waals surface area contributed by atoms with Crippen LogP contribution in [0, 0.1) is 13.8 Å². The zero-order valence-electron chi connectivity index (χ0n) is 18.2. The van der Waals surface area contributed by atoms with Crippen LogP contribution in [0.1, 0.15) is 23.1 Å². The van der Waals surface area contributed by atoms with Gasteiger partial charge in [0.1, 0.15) is 0 Å². The summed E-state index contributed by atoms with van der Waals surface area (Å²) in [7, 11) is 2.16. The SMILES string of the molecule is Cc1cccc(C)c1NC(=O)C(=O)NCCCc1ccc(N2CCN(C)CC2)cc1. The van der Waals surface area contributed by atoms with E-state index in [0.29, 0.717) is 12.2 Å². The minimum Gasteiger partial charge on any atom is -0.369 e. The van der Waals surface area contributed by atoms with E-state index < -0.39 is 11.8 Å². The van der Waals surface area contributed by atoms with Gasteiger partial charge in [0.25, 0.3) is 0 Å². The quantitative estimate of drug-likeness (QED) is 0.570. The molecule has 0 saturated carbocycles. The number of piperazine rings is 1. The highest BCUT2D eigenvalue weighted by Gasteiger charge is 2.16. The van der Waals surface area contributed by atoms with Crippen LogP contribution in [0.15, 0.2) is 42.5 Å². The third-order valence-corrected chi connectivity index (χ3v) is 5.66. The topological polar surface area (TPSA) is 64.7 Å². The number of carbonyl (C=O) groups is 2. The maximum Gasteiger partial charge on any atom is 0.313 e. The van der Waals surface area contributed by atoms with E-state index in [-0.39, 0.29) is 0 Å². The number of carbonyl (C=O) groups excluding carboxylic acids is 2. The van der Waals surface area contributed by atoms with Crippen molar-refractivity contribution in [2.45, 2.75) is 26.7 Å². The first-order valence-corrected chi connectivity index (χ1v) is 10.6. The standard InChI is InChI=1S/C24H32N4O2/c1-18-6-4-7-19(2)22(18)26-24(30)23(29)25-13-5-8-20-9-11-21(12-10-20)28-16-14-27(3)15-17-28/h4,6-7,9-12H,5,8,13-17H2,1-3H3,(H,25,29)(H,26,30). The van der Waals surface area contributed by atoms with Crippen LogP contribution in [0.2, 0.25) is 0 Å². The summed E-state index contributed by atoms with van der Waals surface area (Å²) >= 11 is 0. The predicted octanol–water partition coefficient (Wildman–Crippen LogP) is 2.74. The largest absolute Gasteiger partial charge is 0.369 e. The van der Waals surface area contributed by atoms with Gasteiger partial charge in [-0.05, 0) is 62.6 Å². The summed E-state index contributed by atoms with van der Waals surface area (Å²) in [5.41, 5.74) is 5.09. The molecule has 0 bridgehead atoms. The lowest BCUT2D eigenvalue weighted by molar-refractivity contribution is -0.136. The van der Waals surface area contributed by atoms with Crippen LogP contribution < -0.4 is 15.5 Å². The van der Waals surface area contributed by atoms with Crippen LogP contribution >= 0.6 is 0 Å². The van der Waals surface area contributed by atoms with Crippen LogP contribution in [0.25, 0.3) is 0 Å². The third-order valence-electron chi connectivity index (χ3n) is 5.66. The van der Waals surface area contributed by atoms with Gasteiger partial charge in [0.15, 0.2) is 0 Å². The fourth-order valence-electron chi connectivity index (χ4n) is 3.69. The van der Waals surface area contributed by atoms with Gasteiger partial charge in [-0.15, -0.1) is 0 Å². The number of rotatable bonds is 6. The molecule has 0 aliphatic carbocycles. The fourth-order valence-corrected chi connectivity index (χ4v) is 3.69. The predicted molar refractivity (Wildman–Crippen MR) is 122 cm³/mol. The molecule has 6 heteroatoms. The Morgan fingerprint density at radius 2 is 1.53 bits per heavy atom. The van der Waals surface area contributed by atoms with E-state index in [2.05, 4.69) is 51.7 Å². The Morgan fingerprint density at radius 3 is 2.17 bits per heavy atom. The Bertz CT molecular complexity index is 851. The van der Waals surface area contributed by atoms with Crippen LogP contribution in [-0.2, 0) is 16.0 Å². The van der Waals surface area contributed by atoms with Crippen molar-refractivity contribution in [2.75, 3.05) is 50.0 Å². The maximum atomic E-state index is 12.2. The van der Waals surface area contributed by atoms with E-state index in [1.54, 1.807) is 0 Å². The molecule has 2 aromatic carbocycles. The molecule has 1 aliphatic heterocycles. The lowest BCUT2D eigenvalue weighted by atomic mass is 10.1. The maximum absolute atomic E-state index is 12.2. The summed E-state index contributed by atoms with van der Waals surface area (Å²) in [4.78, 5) is 29.0. The summed E-state index contributed by atoms with van der Waals surface area (Å²) in [6.45, 7) is 8.61. The van der Waals surface area contributed by atoms with Gasteiger partial charge in [0.05, 0.1) is 0 Å². The number of hydrogen-bond donors (Lipinski definition) is 2. The van der Waals surface area contributed by atoms with E-state index in [0.717, 1.165) is 50.1 Å². The number of nitrogens with one attached hydrogen (secondary N) is 2. The molecule has 0 spiro atoms. The molecule has 2 amide bonds. The van der Waals surface area contributed by atoms with E-state index in [9.17, 15) is 9.59 Å². The number of para-hydroxylation sites is 1. The molecular formula is C24H32N4O2. The molecular weight excluding hydrogens is 376 g/mol. The van der Waals surface area contributed by atoms with Crippen molar-refractivity contribution in [3.8, 4) is 0 Å². The molecule has 1 saturated heterocycles. The summed E-state index contributed by atoms with van der Waals surface area (Å²) in [5, 5.41) is 5.43. The molecule has 3 rings (SSSR count). The Balaban J connectivity index is 1.40. The van der Waals surface area contributed by atoms with Gasteiger partial charge < -0.3 is 20.4 Å². The zero-order chi connectivity index (χ0) is 21.5. The highest BCUT2D eigenvalue weighted by molar-refractivity contribution is 6.39. The second kappa shape index (κ2) is 10.3. The van der Waals surface area contributed by atoms with Gasteiger partial charge in [-0.2, -0.15) is 0 Å². The normalized spacial score (nSPS) is 14.4. The molecule has 6 nitrogen and oxygen atoms in total. The second-order valence-electron chi connectivity index (χ2n) is 8.04. The monoisotopic (exact) mass is 408 g/mol. The van der Waals surface area contributed by atoms with Gasteiger partial charge in [-0.3, -0.25) is 9.59 Å². The Hall–Kier alpha value is -2.86. The first kappa shape index (κ1) is 21.8. The van der Waals surface area contributed by atoms with Crippen LogP contribution in [0.4, 0.5) is 11.4 Å². The van der Waals surface area contributed by atoms with Crippen molar-refractivity contribution < 1.29 is 9.59 Å². The number of nitrogens with zero attached hydrogens (tertiary/aromatic N) is 2. The number of benzene rings is 2. The molecule has 1 heterocycles. The van der Waals surface area contributed by atoms with Crippen molar-refractivity contribution in [1.82, 2.24) is 10.2 Å². The van der Waals surface area contributed by atoms with Gasteiger partial charge in [0, 0.05) is 44.1 Å². The number of likely N-dealkylation sites (N-methyl/N-ethyl adjacent to an activating group) is 1. The lowest BCUT2D eigenvalue weighted by Gasteiger charge is -2.34. The molecule has 1 aliphatic rings. The molecule has 0 unspecified atom stereocenters. The first-order chi connectivity index (χ1) is 14.4. The molecule has 2 aromatic rings. The van der Waals surface area contributed by atoms with Crippen LogP contribution in [0.3, 0.4) is 0 Å². The van der Waals surface area contributed by atoms with E-state index in [4.69, 9.17) is 0 Å². The minimum atomic E-state index is -0.621. The van der Waals surface area contributed by atoms with Gasteiger partial charge in [-0.1, -0.05) is 30.3 Å². The number of aryl methyl sites for hydroxylation is 3. The van der Waals surface area contributed by atoms with Crippen molar-refractivity contribution in [3.05, 3.63) is 59.2 Å². The summed E-state index contributed by atoms with van der Waals surface area (Å²) in [6.07, 6.45) is 1.65. The fraction of sp³-hybridized carbons (Fsp3) is 0.417. The van der Waals surface area contributed by atoms with Crippen LogP contribution in [0.5, 0.6) is 0 Å². The molecule has 0 atom stereocenters. The average Bonchev–Trinajstić information content (AvgIpc) is 2.74. The number of amides is 2. The highest BCUT2D eigenvalue weighted by Crippen LogP contribution is 2.19. The van der Waals surface area contributed by atoms with Gasteiger partial charge in [0.2, 0.25) is 0 Å². The molecule has 2 N–H and O–H groups in total. The molecule has 0 aromatic heterocycles. The molecule has 1 fully saturated rings. The third kappa shape index (κ3) is 5.83. The van der Waals surface area contributed by atoms with Crippen molar-refractivity contribution in [3.63, 3.8) is 0 Å². The smallest absolute Gasteiger partial charge is 0.313 e. The highest BCUT2D eigenvalue weighted by atomic mass is 16.2. The number of anilines is 2. The van der Waals surface area contributed by atoms with Crippen molar-refractivity contribution in [1.29, 1.82) is 0 Å². The van der Waals surface area contributed by atoms with Gasteiger partial charge in [-0.25, -0.2) is 0 Å². The average molecular weight is 409 g/mol. The van der Waals surface area contributed by atoms with Crippen LogP contribution in [-0.4, -0.2) is 56.5 Å². The second-order valence-corrected chi connectivity index (χ2v) is 8.04. The number of hydrogen-bond acceptors (Lipinski definition) is 4. The zero-order valence-corrected chi connectivity index (χ0v) is 18.2. The first-order valence-electron chi connectivity index (χ1n) is 10.6.